The fourth-order valence-corrected chi connectivity index (χ4v) is 4.37. The Hall–Kier alpha value is -2.62. The van der Waals surface area contributed by atoms with Gasteiger partial charge in [0.2, 0.25) is 5.91 Å². The second-order valence-corrected chi connectivity index (χ2v) is 8.39. The second-order valence-electron chi connectivity index (χ2n) is 8.39. The van der Waals surface area contributed by atoms with Gasteiger partial charge in [0.25, 0.3) is 0 Å². The molecular formula is C26H35N3O. The maximum atomic E-state index is 12.2. The highest BCUT2D eigenvalue weighted by molar-refractivity contribution is 5.78. The van der Waals surface area contributed by atoms with Crippen molar-refractivity contribution >= 4 is 16.9 Å². The van der Waals surface area contributed by atoms with Gasteiger partial charge < -0.3 is 9.88 Å². The van der Waals surface area contributed by atoms with E-state index in [0.29, 0.717) is 6.54 Å². The first-order valence-electron chi connectivity index (χ1n) is 11.2. The average Bonchev–Trinajstić information content (AvgIpc) is 3.06. The van der Waals surface area contributed by atoms with E-state index in [9.17, 15) is 4.79 Å². The van der Waals surface area contributed by atoms with Crippen LogP contribution in [0.25, 0.3) is 11.0 Å². The summed E-state index contributed by atoms with van der Waals surface area (Å²) in [4.78, 5) is 17.2. The number of carbonyl (C=O) groups is 1. The first kappa shape index (κ1) is 22.1. The zero-order valence-electron chi connectivity index (χ0n) is 19.1. The standard InChI is InChI=1S/C26H35N3O/c1-6-21(7-2)26(30)27-14-10-13-25-28-23-11-8-9-12-24(23)29(25)17-22-19(4)15-18(3)16-20(22)5/h8-9,11-12,15-16,21H,6-7,10,13-14,17H2,1-5H3,(H,27,30). The van der Waals surface area contributed by atoms with Crippen LogP contribution in [0.5, 0.6) is 0 Å². The van der Waals surface area contributed by atoms with Crippen molar-refractivity contribution in [2.75, 3.05) is 6.54 Å². The van der Waals surface area contributed by atoms with E-state index in [-0.39, 0.29) is 11.8 Å². The molecule has 0 bridgehead atoms. The quantitative estimate of drug-likeness (QED) is 0.478. The molecule has 3 aromatic rings. The van der Waals surface area contributed by atoms with E-state index in [2.05, 4.69) is 74.8 Å². The van der Waals surface area contributed by atoms with Crippen LogP contribution in [0.4, 0.5) is 0 Å². The number of benzene rings is 2. The van der Waals surface area contributed by atoms with Gasteiger partial charge in [-0.25, -0.2) is 4.98 Å². The third-order valence-electron chi connectivity index (χ3n) is 6.12. The van der Waals surface area contributed by atoms with Crippen LogP contribution in [0.2, 0.25) is 0 Å². The molecule has 4 heteroatoms. The van der Waals surface area contributed by atoms with Crippen molar-refractivity contribution < 1.29 is 4.79 Å². The molecule has 0 aliphatic heterocycles. The van der Waals surface area contributed by atoms with Crippen LogP contribution in [0, 0.1) is 26.7 Å². The Bertz CT molecular complexity index is 991. The summed E-state index contributed by atoms with van der Waals surface area (Å²) in [5.41, 5.74) is 7.54. The van der Waals surface area contributed by atoms with E-state index in [1.54, 1.807) is 0 Å². The topological polar surface area (TPSA) is 46.9 Å². The van der Waals surface area contributed by atoms with Gasteiger partial charge in [0.15, 0.2) is 0 Å². The molecule has 0 saturated carbocycles. The van der Waals surface area contributed by atoms with Gasteiger partial charge in [-0.1, -0.05) is 43.7 Å². The second kappa shape index (κ2) is 9.92. The Morgan fingerprint density at radius 2 is 1.73 bits per heavy atom. The lowest BCUT2D eigenvalue weighted by atomic mass is 9.99. The summed E-state index contributed by atoms with van der Waals surface area (Å²) in [6.07, 6.45) is 3.53. The van der Waals surface area contributed by atoms with Crippen molar-refractivity contribution in [1.29, 1.82) is 0 Å². The van der Waals surface area contributed by atoms with Gasteiger partial charge in [0.05, 0.1) is 11.0 Å². The molecule has 0 aliphatic carbocycles. The van der Waals surface area contributed by atoms with Crippen LogP contribution in [0.15, 0.2) is 36.4 Å². The minimum atomic E-state index is 0.127. The number of fused-ring (bicyclic) bond motifs is 1. The van der Waals surface area contributed by atoms with Crippen molar-refractivity contribution in [3.63, 3.8) is 0 Å². The van der Waals surface area contributed by atoms with Crippen molar-refractivity contribution in [1.82, 2.24) is 14.9 Å². The molecule has 1 aromatic heterocycles. The number of hydrogen-bond donors (Lipinski definition) is 1. The average molecular weight is 406 g/mol. The summed E-state index contributed by atoms with van der Waals surface area (Å²) in [6.45, 7) is 12.2. The number of nitrogens with zero attached hydrogens (tertiary/aromatic N) is 2. The van der Waals surface area contributed by atoms with E-state index >= 15 is 0 Å². The maximum Gasteiger partial charge on any atom is 0.223 e. The molecule has 0 spiro atoms. The molecule has 160 valence electrons. The van der Waals surface area contributed by atoms with Gasteiger partial charge in [-0.3, -0.25) is 4.79 Å². The summed E-state index contributed by atoms with van der Waals surface area (Å²) in [5.74, 6) is 1.40. The Kier molecular flexibility index (Phi) is 7.30. The monoisotopic (exact) mass is 405 g/mol. The fraction of sp³-hybridized carbons (Fsp3) is 0.462. The van der Waals surface area contributed by atoms with E-state index in [1.807, 2.05) is 6.07 Å². The number of aromatic nitrogens is 2. The molecule has 0 saturated heterocycles. The lowest BCUT2D eigenvalue weighted by Gasteiger charge is -2.15. The Labute approximate surface area is 180 Å². The highest BCUT2D eigenvalue weighted by Gasteiger charge is 2.15. The third-order valence-corrected chi connectivity index (χ3v) is 6.12. The first-order chi connectivity index (χ1) is 14.4. The molecule has 0 aliphatic rings. The normalized spacial score (nSPS) is 11.4. The number of imidazole rings is 1. The molecule has 0 fully saturated rings. The van der Waals surface area contributed by atoms with Crippen molar-refractivity contribution in [3.05, 3.63) is 64.5 Å². The number of para-hydroxylation sites is 2. The molecule has 1 amide bonds. The Morgan fingerprint density at radius 3 is 2.40 bits per heavy atom. The van der Waals surface area contributed by atoms with Gasteiger partial charge in [0, 0.05) is 25.4 Å². The van der Waals surface area contributed by atoms with E-state index < -0.39 is 0 Å². The van der Waals surface area contributed by atoms with E-state index in [1.165, 1.54) is 27.8 Å². The summed E-state index contributed by atoms with van der Waals surface area (Å²) in [6, 6.07) is 12.9. The molecule has 4 nitrogen and oxygen atoms in total. The maximum absolute atomic E-state index is 12.2. The molecule has 0 atom stereocenters. The number of hydrogen-bond acceptors (Lipinski definition) is 2. The predicted octanol–water partition coefficient (Wildman–Crippen LogP) is 5.49. The summed E-state index contributed by atoms with van der Waals surface area (Å²) in [7, 11) is 0. The summed E-state index contributed by atoms with van der Waals surface area (Å²) < 4.78 is 2.35. The molecule has 30 heavy (non-hydrogen) atoms. The van der Waals surface area contributed by atoms with Crippen molar-refractivity contribution in [2.45, 2.75) is 66.8 Å². The van der Waals surface area contributed by atoms with Crippen molar-refractivity contribution in [3.8, 4) is 0 Å². The lowest BCUT2D eigenvalue weighted by Crippen LogP contribution is -2.31. The van der Waals surface area contributed by atoms with Crippen LogP contribution < -0.4 is 5.32 Å². The highest BCUT2D eigenvalue weighted by Crippen LogP contribution is 2.23. The molecule has 0 radical (unpaired) electrons. The molecule has 3 rings (SSSR count). The molecule has 1 heterocycles. The van der Waals surface area contributed by atoms with Gasteiger partial charge in [-0.2, -0.15) is 0 Å². The van der Waals surface area contributed by atoms with E-state index in [4.69, 9.17) is 4.98 Å². The summed E-state index contributed by atoms with van der Waals surface area (Å²) >= 11 is 0. The van der Waals surface area contributed by atoms with Crippen LogP contribution in [-0.4, -0.2) is 22.0 Å². The zero-order valence-corrected chi connectivity index (χ0v) is 19.1. The smallest absolute Gasteiger partial charge is 0.223 e. The van der Waals surface area contributed by atoms with E-state index in [0.717, 1.165) is 43.6 Å². The molecule has 0 unspecified atom stereocenters. The molecular weight excluding hydrogens is 370 g/mol. The molecule has 2 aromatic carbocycles. The zero-order chi connectivity index (χ0) is 21.7. The third kappa shape index (κ3) is 4.92. The number of amides is 1. The Morgan fingerprint density at radius 1 is 1.07 bits per heavy atom. The Balaban J connectivity index is 1.78. The number of rotatable bonds is 9. The van der Waals surface area contributed by atoms with Crippen LogP contribution in [0.1, 0.15) is 61.2 Å². The van der Waals surface area contributed by atoms with Crippen LogP contribution in [-0.2, 0) is 17.8 Å². The minimum Gasteiger partial charge on any atom is -0.356 e. The predicted molar refractivity (Wildman–Crippen MR) is 125 cm³/mol. The number of carbonyl (C=O) groups excluding carboxylic acids is 1. The van der Waals surface area contributed by atoms with Crippen LogP contribution >= 0.6 is 0 Å². The van der Waals surface area contributed by atoms with Gasteiger partial charge in [0.1, 0.15) is 5.82 Å². The molecule has 1 N–H and O–H groups in total. The number of aryl methyl sites for hydroxylation is 4. The highest BCUT2D eigenvalue weighted by atomic mass is 16.1. The summed E-state index contributed by atoms with van der Waals surface area (Å²) in [5, 5.41) is 3.11. The first-order valence-corrected chi connectivity index (χ1v) is 11.2. The van der Waals surface area contributed by atoms with Crippen molar-refractivity contribution in [2.24, 2.45) is 5.92 Å². The van der Waals surface area contributed by atoms with Crippen LogP contribution in [0.3, 0.4) is 0 Å². The number of nitrogens with one attached hydrogen (secondary N) is 1. The van der Waals surface area contributed by atoms with Gasteiger partial charge in [-0.05, 0) is 68.9 Å². The largest absolute Gasteiger partial charge is 0.356 e. The SMILES string of the molecule is CCC(CC)C(=O)NCCCc1nc2ccccc2n1Cc1c(C)cc(C)cc1C. The lowest BCUT2D eigenvalue weighted by molar-refractivity contribution is -0.125. The van der Waals surface area contributed by atoms with Gasteiger partial charge >= 0.3 is 0 Å². The minimum absolute atomic E-state index is 0.127. The fourth-order valence-electron chi connectivity index (χ4n) is 4.37. The van der Waals surface area contributed by atoms with Gasteiger partial charge in [-0.15, -0.1) is 0 Å².